The van der Waals surface area contributed by atoms with Crippen molar-refractivity contribution in [3.8, 4) is 40.0 Å². The minimum absolute atomic E-state index is 0.272. The summed E-state index contributed by atoms with van der Waals surface area (Å²) in [5.41, 5.74) is 1.31. The van der Waals surface area contributed by atoms with Gasteiger partial charge in [-0.3, -0.25) is 4.79 Å². The van der Waals surface area contributed by atoms with Crippen LogP contribution in [0.3, 0.4) is 0 Å². The fourth-order valence-corrected chi connectivity index (χ4v) is 4.81. The van der Waals surface area contributed by atoms with Crippen molar-refractivity contribution in [3.63, 3.8) is 0 Å². The number of halogens is 1. The van der Waals surface area contributed by atoms with Gasteiger partial charge in [0.05, 0.1) is 21.3 Å². The van der Waals surface area contributed by atoms with Gasteiger partial charge in [0, 0.05) is 21.7 Å². The van der Waals surface area contributed by atoms with Gasteiger partial charge in [0.1, 0.15) is 16.1 Å². The molecule has 0 bridgehead atoms. The lowest BCUT2D eigenvalue weighted by molar-refractivity contribution is 0.324. The lowest BCUT2D eigenvalue weighted by Crippen LogP contribution is -2.23. The van der Waals surface area contributed by atoms with Gasteiger partial charge in [-0.1, -0.05) is 39.4 Å². The SMILES string of the molecule is COc1cc(-c2nc3s/c(=C\c4ccc(-c5cccc(Br)c5)o4)c(=O)n3n2)cc(OC)c1OC. The predicted molar refractivity (Wildman–Crippen MR) is 133 cm³/mol. The van der Waals surface area contributed by atoms with Gasteiger partial charge in [0.2, 0.25) is 10.7 Å². The van der Waals surface area contributed by atoms with Crippen LogP contribution in [0, 0.1) is 0 Å². The number of hydrogen-bond acceptors (Lipinski definition) is 8. The summed E-state index contributed by atoms with van der Waals surface area (Å²) < 4.78 is 24.8. The van der Waals surface area contributed by atoms with Gasteiger partial charge < -0.3 is 18.6 Å². The molecule has 0 aliphatic rings. The molecule has 10 heteroatoms. The molecule has 0 atom stereocenters. The molecule has 8 nitrogen and oxygen atoms in total. The summed E-state index contributed by atoms with van der Waals surface area (Å²) in [6.07, 6.45) is 1.70. The monoisotopic (exact) mass is 539 g/mol. The topological polar surface area (TPSA) is 88.1 Å². The molecule has 3 aromatic heterocycles. The maximum atomic E-state index is 13.0. The van der Waals surface area contributed by atoms with Gasteiger partial charge in [-0.25, -0.2) is 0 Å². The van der Waals surface area contributed by atoms with Crippen LogP contribution in [0.5, 0.6) is 17.2 Å². The highest BCUT2D eigenvalue weighted by Crippen LogP contribution is 2.40. The lowest BCUT2D eigenvalue weighted by Gasteiger charge is -2.12. The second kappa shape index (κ2) is 8.96. The zero-order valence-corrected chi connectivity index (χ0v) is 20.8. The molecule has 0 spiro atoms. The molecular weight excluding hydrogens is 522 g/mol. The second-order valence-electron chi connectivity index (χ2n) is 7.17. The summed E-state index contributed by atoms with van der Waals surface area (Å²) in [6, 6.07) is 15.0. The smallest absolute Gasteiger partial charge is 0.291 e. The third-order valence-electron chi connectivity index (χ3n) is 5.11. The third kappa shape index (κ3) is 3.95. The number of nitrogens with zero attached hydrogens (tertiary/aromatic N) is 3. The quantitative estimate of drug-likeness (QED) is 0.315. The molecule has 0 saturated heterocycles. The van der Waals surface area contributed by atoms with Gasteiger partial charge in [-0.05, 0) is 36.4 Å². The van der Waals surface area contributed by atoms with E-state index < -0.39 is 0 Å². The second-order valence-corrected chi connectivity index (χ2v) is 9.10. The number of methoxy groups -OCH3 is 3. The molecule has 0 amide bonds. The molecule has 34 heavy (non-hydrogen) atoms. The summed E-state index contributed by atoms with van der Waals surface area (Å²) in [6.45, 7) is 0. The van der Waals surface area contributed by atoms with Crippen LogP contribution in [-0.4, -0.2) is 35.9 Å². The summed E-state index contributed by atoms with van der Waals surface area (Å²) in [7, 11) is 4.61. The lowest BCUT2D eigenvalue weighted by atomic mass is 10.1. The van der Waals surface area contributed by atoms with Crippen LogP contribution in [-0.2, 0) is 0 Å². The van der Waals surface area contributed by atoms with Crippen molar-refractivity contribution >= 4 is 38.3 Å². The molecule has 0 aliphatic heterocycles. The first-order chi connectivity index (χ1) is 16.5. The molecule has 172 valence electrons. The minimum Gasteiger partial charge on any atom is -0.493 e. The molecule has 5 aromatic rings. The fraction of sp³-hybridized carbons (Fsp3) is 0.125. The van der Waals surface area contributed by atoms with Crippen molar-refractivity contribution in [1.82, 2.24) is 14.6 Å². The third-order valence-corrected chi connectivity index (χ3v) is 6.57. The number of furan rings is 1. The van der Waals surface area contributed by atoms with E-state index in [0.29, 0.717) is 49.7 Å². The van der Waals surface area contributed by atoms with Gasteiger partial charge in [-0.2, -0.15) is 9.50 Å². The molecule has 0 aliphatic carbocycles. The Morgan fingerprint density at radius 1 is 1.00 bits per heavy atom. The predicted octanol–water partition coefficient (Wildman–Crippen LogP) is 4.41. The Balaban J connectivity index is 1.52. The van der Waals surface area contributed by atoms with Crippen LogP contribution in [0.15, 0.2) is 62.2 Å². The number of ether oxygens (including phenoxy) is 3. The molecule has 0 fully saturated rings. The largest absolute Gasteiger partial charge is 0.493 e. The average Bonchev–Trinajstić information content (AvgIpc) is 3.55. The van der Waals surface area contributed by atoms with Crippen molar-refractivity contribution < 1.29 is 18.6 Å². The van der Waals surface area contributed by atoms with Crippen molar-refractivity contribution in [2.75, 3.05) is 21.3 Å². The van der Waals surface area contributed by atoms with Crippen LogP contribution in [0.2, 0.25) is 0 Å². The minimum atomic E-state index is -0.272. The number of hydrogen-bond donors (Lipinski definition) is 0. The van der Waals surface area contributed by atoms with Crippen molar-refractivity contribution in [1.29, 1.82) is 0 Å². The summed E-state index contributed by atoms with van der Waals surface area (Å²) in [5, 5.41) is 4.41. The van der Waals surface area contributed by atoms with Gasteiger partial charge in [0.15, 0.2) is 17.3 Å². The van der Waals surface area contributed by atoms with Gasteiger partial charge in [0.25, 0.3) is 5.56 Å². The first-order valence-corrected chi connectivity index (χ1v) is 11.7. The number of thiazole rings is 1. The van der Waals surface area contributed by atoms with Crippen LogP contribution in [0.4, 0.5) is 0 Å². The van der Waals surface area contributed by atoms with Crippen molar-refractivity contribution in [2.24, 2.45) is 0 Å². The van der Waals surface area contributed by atoms with E-state index in [1.165, 1.54) is 37.2 Å². The molecule has 3 heterocycles. The van der Waals surface area contributed by atoms with Gasteiger partial charge in [-0.15, -0.1) is 5.10 Å². The maximum Gasteiger partial charge on any atom is 0.291 e. The highest BCUT2D eigenvalue weighted by atomic mass is 79.9. The first kappa shape index (κ1) is 22.2. The fourth-order valence-electron chi connectivity index (χ4n) is 3.52. The van der Waals surface area contributed by atoms with Crippen LogP contribution >= 0.6 is 27.3 Å². The molecule has 0 radical (unpaired) electrons. The molecule has 5 rings (SSSR count). The van der Waals surface area contributed by atoms with E-state index >= 15 is 0 Å². The Bertz CT molecular complexity index is 1600. The van der Waals surface area contributed by atoms with E-state index in [1.807, 2.05) is 36.4 Å². The van der Waals surface area contributed by atoms with Crippen molar-refractivity contribution in [2.45, 2.75) is 0 Å². The van der Waals surface area contributed by atoms with E-state index in [-0.39, 0.29) is 5.56 Å². The average molecular weight is 540 g/mol. The molecule has 0 unspecified atom stereocenters. The standard InChI is InChI=1S/C24H18BrN3O5S/c1-30-18-10-14(11-19(31-2)21(18)32-3)22-26-24-28(27-22)23(29)20(34-24)12-16-7-8-17(33-16)13-5-4-6-15(25)9-13/h4-12H,1-3H3/b20-12-. The van der Waals surface area contributed by atoms with E-state index in [4.69, 9.17) is 18.6 Å². The Kier molecular flexibility index (Phi) is 5.84. The number of aromatic nitrogens is 3. The summed E-state index contributed by atoms with van der Waals surface area (Å²) >= 11 is 4.70. The molecule has 0 N–H and O–H groups in total. The zero-order chi connectivity index (χ0) is 23.8. The molecule has 2 aromatic carbocycles. The zero-order valence-electron chi connectivity index (χ0n) is 18.4. The Morgan fingerprint density at radius 3 is 2.41 bits per heavy atom. The summed E-state index contributed by atoms with van der Waals surface area (Å²) in [4.78, 5) is 18.0. The van der Waals surface area contributed by atoms with Crippen LogP contribution in [0.25, 0.3) is 33.7 Å². The van der Waals surface area contributed by atoms with E-state index in [1.54, 1.807) is 18.2 Å². The number of rotatable bonds is 6. The Morgan fingerprint density at radius 2 is 1.76 bits per heavy atom. The highest BCUT2D eigenvalue weighted by molar-refractivity contribution is 9.10. The maximum absolute atomic E-state index is 13.0. The molecule has 0 saturated carbocycles. The van der Waals surface area contributed by atoms with Crippen LogP contribution in [0.1, 0.15) is 5.76 Å². The highest BCUT2D eigenvalue weighted by Gasteiger charge is 2.18. The summed E-state index contributed by atoms with van der Waals surface area (Å²) in [5.74, 6) is 3.09. The van der Waals surface area contributed by atoms with E-state index in [0.717, 1.165) is 10.0 Å². The van der Waals surface area contributed by atoms with Crippen molar-refractivity contribution in [3.05, 3.63) is 73.7 Å². The van der Waals surface area contributed by atoms with E-state index in [9.17, 15) is 4.79 Å². The number of benzene rings is 2. The normalized spacial score (nSPS) is 11.8. The van der Waals surface area contributed by atoms with Crippen LogP contribution < -0.4 is 24.3 Å². The molecular formula is C24H18BrN3O5S. The Labute approximate surface area is 206 Å². The van der Waals surface area contributed by atoms with Gasteiger partial charge >= 0.3 is 0 Å². The first-order valence-electron chi connectivity index (χ1n) is 10.1. The number of fused-ring (bicyclic) bond motifs is 1. The van der Waals surface area contributed by atoms with E-state index in [2.05, 4.69) is 26.0 Å². The Hall–Kier alpha value is -3.63.